The van der Waals surface area contributed by atoms with E-state index in [0.717, 1.165) is 28.8 Å². The molecule has 1 heterocycles. The Kier molecular flexibility index (Phi) is 4.20. The maximum atomic E-state index is 14.3. The minimum absolute atomic E-state index is 0.0135. The van der Waals surface area contributed by atoms with Gasteiger partial charge in [0, 0.05) is 22.8 Å². The number of nitrogens with zero attached hydrogens (tertiary/aromatic N) is 2. The molecule has 0 radical (unpaired) electrons. The quantitative estimate of drug-likeness (QED) is 0.734. The second-order valence-corrected chi connectivity index (χ2v) is 5.87. The standard InChI is InChI=1S/C20H15F2N3/c1-11-3-4-12(2)15(7-11)19-9-16(17(10-23)20(24)25-19)14-6-5-13(21)8-18(14)22/h3-9H,1-2H3,(H2,24,25). The van der Waals surface area contributed by atoms with Crippen molar-refractivity contribution in [2.75, 3.05) is 5.73 Å². The van der Waals surface area contributed by atoms with E-state index in [1.165, 1.54) is 6.07 Å². The minimum Gasteiger partial charge on any atom is -0.383 e. The van der Waals surface area contributed by atoms with E-state index in [4.69, 9.17) is 5.73 Å². The van der Waals surface area contributed by atoms with Gasteiger partial charge >= 0.3 is 0 Å². The highest BCUT2D eigenvalue weighted by Gasteiger charge is 2.17. The molecule has 0 aliphatic heterocycles. The minimum atomic E-state index is -0.756. The molecule has 3 rings (SSSR count). The van der Waals surface area contributed by atoms with Gasteiger partial charge in [0.05, 0.1) is 5.69 Å². The van der Waals surface area contributed by atoms with Crippen LogP contribution in [0.1, 0.15) is 16.7 Å². The van der Waals surface area contributed by atoms with Crippen LogP contribution >= 0.6 is 0 Å². The number of nitrogen functional groups attached to an aromatic ring is 1. The Hall–Kier alpha value is -3.26. The van der Waals surface area contributed by atoms with Crippen LogP contribution in [0.3, 0.4) is 0 Å². The Morgan fingerprint density at radius 3 is 2.40 bits per heavy atom. The van der Waals surface area contributed by atoms with Crippen LogP contribution in [0.25, 0.3) is 22.4 Å². The topological polar surface area (TPSA) is 62.7 Å². The predicted molar refractivity (Wildman–Crippen MR) is 93.6 cm³/mol. The van der Waals surface area contributed by atoms with Crippen molar-refractivity contribution >= 4 is 5.82 Å². The number of anilines is 1. The lowest BCUT2D eigenvalue weighted by molar-refractivity contribution is 0.585. The Bertz CT molecular complexity index is 1020. The largest absolute Gasteiger partial charge is 0.383 e. The van der Waals surface area contributed by atoms with Crippen molar-refractivity contribution < 1.29 is 8.78 Å². The molecule has 0 bridgehead atoms. The molecule has 3 nitrogen and oxygen atoms in total. The highest BCUT2D eigenvalue weighted by molar-refractivity contribution is 5.81. The molecule has 124 valence electrons. The Morgan fingerprint density at radius 1 is 0.960 bits per heavy atom. The van der Waals surface area contributed by atoms with E-state index in [9.17, 15) is 14.0 Å². The number of benzene rings is 2. The van der Waals surface area contributed by atoms with Gasteiger partial charge < -0.3 is 5.73 Å². The molecule has 2 aromatic carbocycles. The number of halogens is 2. The number of nitriles is 1. The average molecular weight is 335 g/mol. The first-order valence-electron chi connectivity index (χ1n) is 7.64. The Balaban J connectivity index is 2.30. The third-order valence-electron chi connectivity index (χ3n) is 4.05. The first kappa shape index (κ1) is 16.6. The number of hydrogen-bond donors (Lipinski definition) is 1. The highest BCUT2D eigenvalue weighted by Crippen LogP contribution is 2.34. The van der Waals surface area contributed by atoms with Gasteiger partial charge in [0.15, 0.2) is 0 Å². The molecule has 0 aliphatic carbocycles. The smallest absolute Gasteiger partial charge is 0.142 e. The van der Waals surface area contributed by atoms with Crippen molar-refractivity contribution in [2.45, 2.75) is 13.8 Å². The van der Waals surface area contributed by atoms with Crippen LogP contribution < -0.4 is 5.73 Å². The van der Waals surface area contributed by atoms with Gasteiger partial charge in [-0.05, 0) is 43.7 Å². The summed E-state index contributed by atoms with van der Waals surface area (Å²) in [5, 5.41) is 9.40. The van der Waals surface area contributed by atoms with Gasteiger partial charge in [-0.15, -0.1) is 0 Å². The Labute approximate surface area is 144 Å². The summed E-state index contributed by atoms with van der Waals surface area (Å²) in [6, 6.07) is 12.7. The molecular weight excluding hydrogens is 320 g/mol. The SMILES string of the molecule is Cc1ccc(C)c(-c2cc(-c3ccc(F)cc3F)c(C#N)c(N)n2)c1. The third-order valence-corrected chi connectivity index (χ3v) is 4.05. The highest BCUT2D eigenvalue weighted by atomic mass is 19.1. The van der Waals surface area contributed by atoms with Crippen LogP contribution in [-0.2, 0) is 0 Å². The molecule has 0 saturated heterocycles. The molecule has 0 saturated carbocycles. The van der Waals surface area contributed by atoms with Gasteiger partial charge in [0.2, 0.25) is 0 Å². The van der Waals surface area contributed by atoms with E-state index >= 15 is 0 Å². The van der Waals surface area contributed by atoms with Crippen molar-refractivity contribution in [3.63, 3.8) is 0 Å². The zero-order valence-electron chi connectivity index (χ0n) is 13.8. The first-order chi connectivity index (χ1) is 11.9. The van der Waals surface area contributed by atoms with E-state index in [1.54, 1.807) is 6.07 Å². The maximum Gasteiger partial charge on any atom is 0.142 e. The van der Waals surface area contributed by atoms with Crippen LogP contribution in [-0.4, -0.2) is 4.98 Å². The zero-order valence-corrected chi connectivity index (χ0v) is 13.8. The molecule has 0 unspecified atom stereocenters. The van der Waals surface area contributed by atoms with Crippen LogP contribution in [0.5, 0.6) is 0 Å². The molecule has 25 heavy (non-hydrogen) atoms. The number of aromatic nitrogens is 1. The molecule has 0 atom stereocenters. The number of rotatable bonds is 2. The molecule has 0 aliphatic rings. The van der Waals surface area contributed by atoms with E-state index in [2.05, 4.69) is 4.98 Å². The van der Waals surface area contributed by atoms with Gasteiger partial charge in [-0.1, -0.05) is 17.7 Å². The molecule has 2 N–H and O–H groups in total. The molecule has 1 aromatic heterocycles. The van der Waals surface area contributed by atoms with Crippen molar-refractivity contribution in [1.82, 2.24) is 4.98 Å². The first-order valence-corrected chi connectivity index (χ1v) is 7.64. The fourth-order valence-corrected chi connectivity index (χ4v) is 2.75. The summed E-state index contributed by atoms with van der Waals surface area (Å²) in [6.07, 6.45) is 0. The van der Waals surface area contributed by atoms with Crippen LogP contribution in [0.15, 0.2) is 42.5 Å². The summed E-state index contributed by atoms with van der Waals surface area (Å²) in [7, 11) is 0. The molecule has 0 spiro atoms. The summed E-state index contributed by atoms with van der Waals surface area (Å²) in [5.41, 5.74) is 9.83. The van der Waals surface area contributed by atoms with Gasteiger partial charge in [-0.2, -0.15) is 5.26 Å². The number of nitrogens with two attached hydrogens (primary N) is 1. The summed E-state index contributed by atoms with van der Waals surface area (Å²) in [5.74, 6) is -1.43. The summed E-state index contributed by atoms with van der Waals surface area (Å²) in [4.78, 5) is 4.31. The van der Waals surface area contributed by atoms with Crippen molar-refractivity contribution in [3.05, 3.63) is 70.8 Å². The normalized spacial score (nSPS) is 10.5. The van der Waals surface area contributed by atoms with E-state index in [0.29, 0.717) is 11.3 Å². The van der Waals surface area contributed by atoms with Gasteiger partial charge in [0.1, 0.15) is 29.1 Å². The third kappa shape index (κ3) is 3.07. The van der Waals surface area contributed by atoms with Crippen molar-refractivity contribution in [1.29, 1.82) is 5.26 Å². The second-order valence-electron chi connectivity index (χ2n) is 5.87. The van der Waals surface area contributed by atoms with E-state index in [-0.39, 0.29) is 16.9 Å². The molecule has 5 heteroatoms. The molecule has 0 amide bonds. The van der Waals surface area contributed by atoms with E-state index in [1.807, 2.05) is 38.1 Å². The summed E-state index contributed by atoms with van der Waals surface area (Å²) in [6.45, 7) is 3.89. The van der Waals surface area contributed by atoms with Crippen molar-refractivity contribution in [2.24, 2.45) is 0 Å². The number of pyridine rings is 1. The van der Waals surface area contributed by atoms with E-state index < -0.39 is 11.6 Å². The molecule has 0 fully saturated rings. The monoisotopic (exact) mass is 335 g/mol. The fraction of sp³-hybridized carbons (Fsp3) is 0.100. The van der Waals surface area contributed by atoms with Gasteiger partial charge in [0.25, 0.3) is 0 Å². The predicted octanol–water partition coefficient (Wildman–Crippen LogP) is 4.76. The average Bonchev–Trinajstić information content (AvgIpc) is 2.56. The fourth-order valence-electron chi connectivity index (χ4n) is 2.75. The van der Waals surface area contributed by atoms with Gasteiger partial charge in [-0.25, -0.2) is 13.8 Å². The molecular formula is C20H15F2N3. The van der Waals surface area contributed by atoms with Gasteiger partial charge in [-0.3, -0.25) is 0 Å². The van der Waals surface area contributed by atoms with Crippen molar-refractivity contribution in [3.8, 4) is 28.5 Å². The maximum absolute atomic E-state index is 14.3. The lowest BCUT2D eigenvalue weighted by atomic mass is 9.96. The lowest BCUT2D eigenvalue weighted by Crippen LogP contribution is -2.01. The van der Waals surface area contributed by atoms with Crippen LogP contribution in [0.4, 0.5) is 14.6 Å². The zero-order chi connectivity index (χ0) is 18.1. The van der Waals surface area contributed by atoms with Crippen LogP contribution in [0.2, 0.25) is 0 Å². The van der Waals surface area contributed by atoms with Crippen LogP contribution in [0, 0.1) is 36.8 Å². The Morgan fingerprint density at radius 2 is 1.72 bits per heavy atom. The molecule has 3 aromatic rings. The lowest BCUT2D eigenvalue weighted by Gasteiger charge is -2.13. The summed E-state index contributed by atoms with van der Waals surface area (Å²) >= 11 is 0. The number of hydrogen-bond acceptors (Lipinski definition) is 3. The second kappa shape index (κ2) is 6.33. The summed E-state index contributed by atoms with van der Waals surface area (Å²) < 4.78 is 27.5. The number of aryl methyl sites for hydroxylation is 2.